The number of aliphatic hydroxyl groups is 2. The summed E-state index contributed by atoms with van der Waals surface area (Å²) in [4.78, 5) is 25.3. The molecule has 5 heteroatoms. The van der Waals surface area contributed by atoms with Crippen molar-refractivity contribution in [3.8, 4) is 0 Å². The molecular weight excluding hydrogens is 464 g/mol. The number of fused-ring (bicyclic) bond motifs is 5. The molecule has 10 atom stereocenters. The van der Waals surface area contributed by atoms with E-state index in [0.29, 0.717) is 24.3 Å². The van der Waals surface area contributed by atoms with Crippen LogP contribution in [-0.4, -0.2) is 40.3 Å². The van der Waals surface area contributed by atoms with E-state index in [1.807, 2.05) is 32.1 Å². The van der Waals surface area contributed by atoms with Crippen LogP contribution in [-0.2, 0) is 14.3 Å². The SMILES string of the molecule is CC(=O)O[C@H]1C[C@@]2(C)C(C[C@@H](O)[C@H]3[C@@]4(C)CC[C@@H](O)[C@@H](C)[C@@H]4CC[C@@]32C)/C1=C(\C=C/C=C(C)C)C(C)=O. The van der Waals surface area contributed by atoms with Crippen LogP contribution in [0.5, 0.6) is 0 Å². The molecule has 0 saturated heterocycles. The lowest BCUT2D eigenvalue weighted by molar-refractivity contribution is -0.234. The van der Waals surface area contributed by atoms with Gasteiger partial charge in [-0.2, -0.15) is 0 Å². The lowest BCUT2D eigenvalue weighted by Gasteiger charge is -2.69. The quantitative estimate of drug-likeness (QED) is 0.276. The van der Waals surface area contributed by atoms with Gasteiger partial charge in [0, 0.05) is 12.5 Å². The first-order valence-corrected chi connectivity index (χ1v) is 14.3. The highest BCUT2D eigenvalue weighted by Crippen LogP contribution is 2.74. The first-order chi connectivity index (χ1) is 17.2. The van der Waals surface area contributed by atoms with E-state index in [-0.39, 0.29) is 51.9 Å². The van der Waals surface area contributed by atoms with Gasteiger partial charge in [-0.25, -0.2) is 0 Å². The third kappa shape index (κ3) is 4.38. The molecule has 4 fully saturated rings. The number of hydrogen-bond donors (Lipinski definition) is 2. The van der Waals surface area contributed by atoms with Crippen LogP contribution in [0.3, 0.4) is 0 Å². The van der Waals surface area contributed by atoms with E-state index >= 15 is 0 Å². The van der Waals surface area contributed by atoms with Gasteiger partial charge in [-0.15, -0.1) is 0 Å². The topological polar surface area (TPSA) is 83.8 Å². The second-order valence-electron chi connectivity index (χ2n) is 13.6. The first-order valence-electron chi connectivity index (χ1n) is 14.3. The molecule has 0 spiro atoms. The van der Waals surface area contributed by atoms with Crippen LogP contribution in [0.4, 0.5) is 0 Å². The number of ether oxygens (including phenoxy) is 1. The van der Waals surface area contributed by atoms with Crippen LogP contribution >= 0.6 is 0 Å². The largest absolute Gasteiger partial charge is 0.458 e. The molecule has 206 valence electrons. The fourth-order valence-corrected chi connectivity index (χ4v) is 9.62. The number of allylic oxidation sites excluding steroid dienone is 5. The molecule has 0 aliphatic heterocycles. The number of carbonyl (C=O) groups excluding carboxylic acids is 2. The standard InChI is InChI=1S/C32H48O5/c1-18(2)10-9-11-22(20(4)33)28-24-16-26(36)29-30(6)14-13-25(35)19(3)23(30)12-15-31(29,7)32(24,8)17-27(28)37-21(5)34/h9-11,19,23-27,29,35-36H,12-17H2,1-8H3/b11-9-,28-22-/t19-,23-,24?,25+,26+,27-,29-,30-,31-,32-/m0/s1. The Labute approximate surface area is 223 Å². The highest BCUT2D eigenvalue weighted by Gasteiger charge is 2.70. The second kappa shape index (κ2) is 9.79. The van der Waals surface area contributed by atoms with Crippen molar-refractivity contribution in [1.29, 1.82) is 0 Å². The van der Waals surface area contributed by atoms with E-state index in [4.69, 9.17) is 4.74 Å². The lowest BCUT2D eigenvalue weighted by atomic mass is 9.36. The zero-order valence-electron chi connectivity index (χ0n) is 24.1. The minimum absolute atomic E-state index is 0.0395. The molecule has 4 aliphatic rings. The summed E-state index contributed by atoms with van der Waals surface area (Å²) in [5, 5.41) is 22.6. The van der Waals surface area contributed by atoms with Gasteiger partial charge in [0.2, 0.25) is 0 Å². The number of hydrogen-bond acceptors (Lipinski definition) is 5. The van der Waals surface area contributed by atoms with Crippen molar-refractivity contribution in [3.63, 3.8) is 0 Å². The second-order valence-corrected chi connectivity index (χ2v) is 13.6. The predicted octanol–water partition coefficient (Wildman–Crippen LogP) is 5.95. The maximum absolute atomic E-state index is 13.0. The van der Waals surface area contributed by atoms with E-state index in [2.05, 4.69) is 27.7 Å². The monoisotopic (exact) mass is 512 g/mol. The Bertz CT molecular complexity index is 1030. The zero-order chi connectivity index (χ0) is 27.5. The predicted molar refractivity (Wildman–Crippen MR) is 146 cm³/mol. The van der Waals surface area contributed by atoms with Crippen LogP contribution in [0.25, 0.3) is 0 Å². The van der Waals surface area contributed by atoms with Crippen LogP contribution < -0.4 is 0 Å². The summed E-state index contributed by atoms with van der Waals surface area (Å²) >= 11 is 0. The average molecular weight is 513 g/mol. The molecule has 0 heterocycles. The number of aliphatic hydroxyl groups excluding tert-OH is 2. The van der Waals surface area contributed by atoms with Crippen molar-refractivity contribution in [1.82, 2.24) is 0 Å². The summed E-state index contributed by atoms with van der Waals surface area (Å²) in [7, 11) is 0. The molecule has 5 nitrogen and oxygen atoms in total. The maximum atomic E-state index is 13.0. The molecule has 0 amide bonds. The Morgan fingerprint density at radius 1 is 0.973 bits per heavy atom. The molecule has 0 radical (unpaired) electrons. The number of esters is 1. The highest BCUT2D eigenvalue weighted by molar-refractivity contribution is 5.97. The van der Waals surface area contributed by atoms with Crippen molar-refractivity contribution < 1.29 is 24.5 Å². The molecule has 0 aromatic carbocycles. The summed E-state index contributed by atoms with van der Waals surface area (Å²) in [6.07, 6.45) is 9.41. The minimum atomic E-state index is -0.514. The Hall–Kier alpha value is -1.72. The van der Waals surface area contributed by atoms with Crippen molar-refractivity contribution in [2.45, 2.75) is 112 Å². The van der Waals surface area contributed by atoms with Crippen LogP contribution in [0.15, 0.2) is 34.9 Å². The van der Waals surface area contributed by atoms with Gasteiger partial charge >= 0.3 is 5.97 Å². The first kappa shape index (κ1) is 28.3. The van der Waals surface area contributed by atoms with Crippen LogP contribution in [0, 0.1) is 39.9 Å². The molecule has 0 aromatic heterocycles. The number of Topliss-reactive ketones (excluding diaryl/α,β-unsaturated/α-hetero) is 1. The van der Waals surface area contributed by atoms with Gasteiger partial charge in [-0.1, -0.05) is 51.5 Å². The van der Waals surface area contributed by atoms with E-state index in [0.717, 1.165) is 36.8 Å². The van der Waals surface area contributed by atoms with Crippen molar-refractivity contribution >= 4 is 11.8 Å². The molecule has 0 aromatic rings. The number of ketones is 1. The van der Waals surface area contributed by atoms with Crippen molar-refractivity contribution in [2.75, 3.05) is 0 Å². The Morgan fingerprint density at radius 3 is 2.24 bits per heavy atom. The van der Waals surface area contributed by atoms with Gasteiger partial charge < -0.3 is 14.9 Å². The van der Waals surface area contributed by atoms with Gasteiger partial charge in [0.25, 0.3) is 0 Å². The van der Waals surface area contributed by atoms with E-state index in [9.17, 15) is 19.8 Å². The molecule has 4 aliphatic carbocycles. The maximum Gasteiger partial charge on any atom is 0.303 e. The van der Waals surface area contributed by atoms with Crippen LogP contribution in [0.2, 0.25) is 0 Å². The number of rotatable bonds is 4. The Balaban J connectivity index is 1.86. The van der Waals surface area contributed by atoms with E-state index < -0.39 is 12.2 Å². The van der Waals surface area contributed by atoms with Gasteiger partial charge in [-0.3, -0.25) is 9.59 Å². The van der Waals surface area contributed by atoms with Gasteiger partial charge in [-0.05, 0) is 105 Å². The van der Waals surface area contributed by atoms with Crippen molar-refractivity contribution in [3.05, 3.63) is 34.9 Å². The normalized spacial score (nSPS) is 46.5. The summed E-state index contributed by atoms with van der Waals surface area (Å²) in [6, 6.07) is 0. The fraction of sp³-hybridized carbons (Fsp3) is 0.750. The van der Waals surface area contributed by atoms with Crippen molar-refractivity contribution in [2.24, 2.45) is 39.9 Å². The lowest BCUT2D eigenvalue weighted by Crippen LogP contribution is -2.65. The molecule has 37 heavy (non-hydrogen) atoms. The Morgan fingerprint density at radius 2 is 1.65 bits per heavy atom. The minimum Gasteiger partial charge on any atom is -0.458 e. The third-order valence-corrected chi connectivity index (χ3v) is 11.4. The van der Waals surface area contributed by atoms with Crippen LogP contribution in [0.1, 0.15) is 93.9 Å². The smallest absolute Gasteiger partial charge is 0.303 e. The molecule has 4 rings (SSSR count). The summed E-state index contributed by atoms with van der Waals surface area (Å²) < 4.78 is 5.95. The summed E-state index contributed by atoms with van der Waals surface area (Å²) in [5.41, 5.74) is 2.16. The molecule has 4 saturated carbocycles. The molecule has 0 bridgehead atoms. The summed E-state index contributed by atoms with van der Waals surface area (Å²) in [6.45, 7) is 16.3. The summed E-state index contributed by atoms with van der Waals surface area (Å²) in [5.74, 6) is 0.267. The number of carbonyl (C=O) groups is 2. The van der Waals surface area contributed by atoms with E-state index in [1.165, 1.54) is 6.92 Å². The highest BCUT2D eigenvalue weighted by atomic mass is 16.5. The van der Waals surface area contributed by atoms with Gasteiger partial charge in [0.05, 0.1) is 12.2 Å². The molecular formula is C32H48O5. The third-order valence-electron chi connectivity index (χ3n) is 11.4. The fourth-order valence-electron chi connectivity index (χ4n) is 9.62. The zero-order valence-corrected chi connectivity index (χ0v) is 24.1. The average Bonchev–Trinajstić information content (AvgIpc) is 3.05. The van der Waals surface area contributed by atoms with Gasteiger partial charge in [0.15, 0.2) is 5.78 Å². The van der Waals surface area contributed by atoms with Gasteiger partial charge in [0.1, 0.15) is 6.10 Å². The Kier molecular flexibility index (Phi) is 7.48. The molecule has 1 unspecified atom stereocenters. The molecule has 2 N–H and O–H groups in total. The van der Waals surface area contributed by atoms with E-state index in [1.54, 1.807) is 6.92 Å².